The molecule has 2 atom stereocenters. The molecule has 1 amide bonds. The zero-order chi connectivity index (χ0) is 16.8. The van der Waals surface area contributed by atoms with Gasteiger partial charge in [0.25, 0.3) is 5.56 Å². The molecular formula is C19H21N3O2. The molecule has 0 spiro atoms. The van der Waals surface area contributed by atoms with Gasteiger partial charge in [0.1, 0.15) is 0 Å². The standard InChI is InChI=1S/C19H21N3O2/c1-12-3-4-15(8-20-12)16-6-18-17-5-14(9-21(11-17)13(2)23)10-22(18)19(24)7-16/h3-4,6-8,14,17H,5,9-11H2,1-2H3/t14-,17+/m0/s1. The van der Waals surface area contributed by atoms with E-state index >= 15 is 0 Å². The van der Waals surface area contributed by atoms with Gasteiger partial charge in [0.2, 0.25) is 5.91 Å². The van der Waals surface area contributed by atoms with Gasteiger partial charge >= 0.3 is 0 Å². The van der Waals surface area contributed by atoms with Crippen molar-refractivity contribution in [2.24, 2.45) is 5.92 Å². The number of rotatable bonds is 1. The van der Waals surface area contributed by atoms with Crippen molar-refractivity contribution in [1.29, 1.82) is 0 Å². The summed E-state index contributed by atoms with van der Waals surface area (Å²) in [5.41, 5.74) is 3.94. The zero-order valence-electron chi connectivity index (χ0n) is 14.0. The number of aromatic nitrogens is 2. The topological polar surface area (TPSA) is 55.2 Å². The van der Waals surface area contributed by atoms with Crippen LogP contribution in [0.5, 0.6) is 0 Å². The quantitative estimate of drug-likeness (QED) is 0.808. The van der Waals surface area contributed by atoms with Gasteiger partial charge in [-0.2, -0.15) is 0 Å². The SMILES string of the molecule is CC(=O)N1C[C@@H]2C[C@H](C1)c1cc(-c3ccc(C)nc3)cc(=O)n1C2. The lowest BCUT2D eigenvalue weighted by atomic mass is 9.82. The smallest absolute Gasteiger partial charge is 0.251 e. The summed E-state index contributed by atoms with van der Waals surface area (Å²) in [5.74, 6) is 0.747. The van der Waals surface area contributed by atoms with E-state index in [4.69, 9.17) is 0 Å². The summed E-state index contributed by atoms with van der Waals surface area (Å²) in [6.07, 6.45) is 2.87. The Labute approximate surface area is 140 Å². The summed E-state index contributed by atoms with van der Waals surface area (Å²) in [6, 6.07) is 7.78. The van der Waals surface area contributed by atoms with Gasteiger partial charge in [0, 0.05) is 61.7 Å². The van der Waals surface area contributed by atoms with Crippen LogP contribution in [0.2, 0.25) is 0 Å². The number of piperidine rings is 1. The van der Waals surface area contributed by atoms with Crippen LogP contribution in [0.15, 0.2) is 35.3 Å². The number of carbonyl (C=O) groups excluding carboxylic acids is 1. The first kappa shape index (κ1) is 15.1. The molecule has 5 nitrogen and oxygen atoms in total. The van der Waals surface area contributed by atoms with Crippen LogP contribution in [0.1, 0.15) is 30.7 Å². The van der Waals surface area contributed by atoms with Gasteiger partial charge in [-0.05, 0) is 37.0 Å². The fourth-order valence-electron chi connectivity index (χ4n) is 4.02. The zero-order valence-corrected chi connectivity index (χ0v) is 14.0. The molecule has 124 valence electrons. The number of hydrogen-bond acceptors (Lipinski definition) is 3. The van der Waals surface area contributed by atoms with Crippen molar-refractivity contribution >= 4 is 5.91 Å². The van der Waals surface area contributed by atoms with Crippen LogP contribution < -0.4 is 5.56 Å². The maximum Gasteiger partial charge on any atom is 0.251 e. The Morgan fingerprint density at radius 3 is 2.71 bits per heavy atom. The molecule has 0 N–H and O–H groups in total. The van der Waals surface area contributed by atoms with Gasteiger partial charge in [-0.15, -0.1) is 0 Å². The van der Waals surface area contributed by atoms with E-state index < -0.39 is 0 Å². The number of hydrogen-bond donors (Lipinski definition) is 0. The molecule has 2 aliphatic heterocycles. The highest BCUT2D eigenvalue weighted by molar-refractivity contribution is 5.73. The van der Waals surface area contributed by atoms with E-state index in [1.54, 1.807) is 13.0 Å². The molecule has 1 fully saturated rings. The van der Waals surface area contributed by atoms with Crippen LogP contribution in [-0.2, 0) is 11.3 Å². The van der Waals surface area contributed by atoms with E-state index in [0.717, 1.165) is 35.5 Å². The number of amides is 1. The monoisotopic (exact) mass is 323 g/mol. The minimum atomic E-state index is 0.0500. The molecule has 24 heavy (non-hydrogen) atoms. The summed E-state index contributed by atoms with van der Waals surface area (Å²) in [6.45, 7) is 5.76. The van der Waals surface area contributed by atoms with Crippen LogP contribution in [0.25, 0.3) is 11.1 Å². The molecule has 2 aromatic rings. The number of nitrogens with zero attached hydrogens (tertiary/aromatic N) is 3. The second kappa shape index (κ2) is 5.58. The third-order valence-corrected chi connectivity index (χ3v) is 5.25. The Morgan fingerprint density at radius 1 is 1.17 bits per heavy atom. The third-order valence-electron chi connectivity index (χ3n) is 5.25. The van der Waals surface area contributed by atoms with E-state index in [1.807, 2.05) is 34.7 Å². The molecule has 0 saturated carbocycles. The predicted octanol–water partition coefficient (Wildman–Crippen LogP) is 2.18. The second-order valence-corrected chi connectivity index (χ2v) is 7.03. The summed E-state index contributed by atoms with van der Waals surface area (Å²) < 4.78 is 1.90. The Balaban J connectivity index is 1.77. The van der Waals surface area contributed by atoms with Gasteiger partial charge in [-0.1, -0.05) is 6.07 Å². The minimum Gasteiger partial charge on any atom is -0.342 e. The Kier molecular flexibility index (Phi) is 3.52. The van der Waals surface area contributed by atoms with Gasteiger partial charge in [0.05, 0.1) is 0 Å². The number of pyridine rings is 2. The first-order valence-electron chi connectivity index (χ1n) is 8.44. The van der Waals surface area contributed by atoms with Gasteiger partial charge in [0.15, 0.2) is 0 Å². The van der Waals surface area contributed by atoms with Gasteiger partial charge in [-0.25, -0.2) is 0 Å². The molecule has 5 heteroatoms. The maximum absolute atomic E-state index is 12.6. The first-order valence-corrected chi connectivity index (χ1v) is 8.44. The highest BCUT2D eigenvalue weighted by Gasteiger charge is 2.35. The number of aryl methyl sites for hydroxylation is 1. The van der Waals surface area contributed by atoms with E-state index in [0.29, 0.717) is 19.0 Å². The van der Waals surface area contributed by atoms with Crippen LogP contribution in [0.4, 0.5) is 0 Å². The highest BCUT2D eigenvalue weighted by atomic mass is 16.2. The van der Waals surface area contributed by atoms with Crippen molar-refractivity contribution in [1.82, 2.24) is 14.5 Å². The van der Waals surface area contributed by atoms with E-state index in [9.17, 15) is 9.59 Å². The van der Waals surface area contributed by atoms with Crippen molar-refractivity contribution in [2.45, 2.75) is 32.7 Å². The lowest BCUT2D eigenvalue weighted by Gasteiger charge is -2.42. The summed E-state index contributed by atoms with van der Waals surface area (Å²) in [4.78, 5) is 30.7. The number of likely N-dealkylation sites (tertiary alicyclic amines) is 1. The van der Waals surface area contributed by atoms with Crippen LogP contribution in [-0.4, -0.2) is 33.4 Å². The molecule has 2 aromatic heterocycles. The molecule has 0 aromatic carbocycles. The number of carbonyl (C=O) groups is 1. The van der Waals surface area contributed by atoms with Gasteiger partial charge in [-0.3, -0.25) is 14.6 Å². The molecule has 2 bridgehead atoms. The minimum absolute atomic E-state index is 0.0500. The fourth-order valence-corrected chi connectivity index (χ4v) is 4.02. The Bertz CT molecular complexity index is 854. The molecule has 0 unspecified atom stereocenters. The third kappa shape index (κ3) is 2.54. The predicted molar refractivity (Wildman–Crippen MR) is 91.8 cm³/mol. The largest absolute Gasteiger partial charge is 0.342 e. The molecule has 0 radical (unpaired) electrons. The highest BCUT2D eigenvalue weighted by Crippen LogP contribution is 2.36. The van der Waals surface area contributed by atoms with Crippen molar-refractivity contribution in [3.63, 3.8) is 0 Å². The summed E-state index contributed by atoms with van der Waals surface area (Å²) in [7, 11) is 0. The van der Waals surface area contributed by atoms with E-state index in [1.165, 1.54) is 0 Å². The summed E-state index contributed by atoms with van der Waals surface area (Å²) >= 11 is 0. The van der Waals surface area contributed by atoms with Crippen LogP contribution in [0.3, 0.4) is 0 Å². The average Bonchev–Trinajstić information content (AvgIpc) is 2.56. The normalized spacial score (nSPS) is 22.2. The van der Waals surface area contributed by atoms with Crippen molar-refractivity contribution < 1.29 is 4.79 Å². The Hall–Kier alpha value is -2.43. The Morgan fingerprint density at radius 2 is 2.00 bits per heavy atom. The van der Waals surface area contributed by atoms with Crippen LogP contribution in [0, 0.1) is 12.8 Å². The molecule has 4 heterocycles. The lowest BCUT2D eigenvalue weighted by Crippen LogP contribution is -2.48. The number of fused-ring (bicyclic) bond motifs is 4. The van der Waals surface area contributed by atoms with Crippen molar-refractivity contribution in [2.75, 3.05) is 13.1 Å². The maximum atomic E-state index is 12.6. The first-order chi connectivity index (χ1) is 11.5. The van der Waals surface area contributed by atoms with E-state index in [2.05, 4.69) is 11.1 Å². The molecule has 2 aliphatic rings. The average molecular weight is 323 g/mol. The fraction of sp³-hybridized carbons (Fsp3) is 0.421. The van der Waals surface area contributed by atoms with E-state index in [-0.39, 0.29) is 17.4 Å². The van der Waals surface area contributed by atoms with Crippen molar-refractivity contribution in [3.8, 4) is 11.1 Å². The molecule has 1 saturated heterocycles. The van der Waals surface area contributed by atoms with Crippen LogP contribution >= 0.6 is 0 Å². The molecular weight excluding hydrogens is 302 g/mol. The van der Waals surface area contributed by atoms with Gasteiger partial charge < -0.3 is 9.47 Å². The lowest BCUT2D eigenvalue weighted by molar-refractivity contribution is -0.131. The molecule has 0 aliphatic carbocycles. The van der Waals surface area contributed by atoms with Crippen molar-refractivity contribution in [3.05, 3.63) is 52.2 Å². The second-order valence-electron chi connectivity index (χ2n) is 7.03. The summed E-state index contributed by atoms with van der Waals surface area (Å²) in [5, 5.41) is 0. The molecule has 4 rings (SSSR count).